The first kappa shape index (κ1) is 28.2. The molecule has 3 aliphatic rings. The third kappa shape index (κ3) is 4.26. The maximum absolute atomic E-state index is 14.9. The van der Waals surface area contributed by atoms with Gasteiger partial charge in [-0.05, 0) is 59.5 Å². The van der Waals surface area contributed by atoms with Crippen molar-refractivity contribution >= 4 is 34.9 Å². The number of non-ortho nitro benzene ring substituents is 1. The molecule has 4 aromatic rings. The van der Waals surface area contributed by atoms with Crippen LogP contribution in [0.1, 0.15) is 56.8 Å². The highest BCUT2D eigenvalue weighted by atomic mass is 16.6. The van der Waals surface area contributed by atoms with Gasteiger partial charge in [0.25, 0.3) is 5.69 Å². The molecule has 9 nitrogen and oxygen atoms in total. The number of carbonyl (C=O) groups excluding carboxylic acids is 3. The van der Waals surface area contributed by atoms with E-state index < -0.39 is 34.1 Å². The Hall–Kier alpha value is -5.57. The highest BCUT2D eigenvalue weighted by molar-refractivity contribution is 6.16. The average Bonchev–Trinajstić information content (AvgIpc) is 3.55. The molecule has 4 aromatic carbocycles. The summed E-state index contributed by atoms with van der Waals surface area (Å²) in [5, 5.41) is 14.7. The number of ether oxygens (including phenoxy) is 1. The summed E-state index contributed by atoms with van der Waals surface area (Å²) < 4.78 is 5.73. The molecule has 0 unspecified atom stereocenters. The second-order valence-electron chi connectivity index (χ2n) is 11.5. The van der Waals surface area contributed by atoms with E-state index in [1.807, 2.05) is 60.4 Å². The van der Waals surface area contributed by atoms with E-state index >= 15 is 0 Å². The number of hydrogen-bond acceptors (Lipinski definition) is 7. The Morgan fingerprint density at radius 1 is 0.933 bits per heavy atom. The van der Waals surface area contributed by atoms with Crippen molar-refractivity contribution in [2.24, 2.45) is 5.92 Å². The Bertz CT molecular complexity index is 1900. The molecule has 1 saturated heterocycles. The van der Waals surface area contributed by atoms with Gasteiger partial charge in [-0.1, -0.05) is 61.5 Å². The van der Waals surface area contributed by atoms with Crippen molar-refractivity contribution in [3.8, 4) is 5.75 Å². The molecule has 0 saturated carbocycles. The van der Waals surface area contributed by atoms with Gasteiger partial charge < -0.3 is 15.0 Å². The molecule has 0 radical (unpaired) electrons. The molecule has 9 heteroatoms. The van der Waals surface area contributed by atoms with Gasteiger partial charge in [0.2, 0.25) is 5.91 Å². The van der Waals surface area contributed by atoms with E-state index in [0.717, 1.165) is 17.5 Å². The van der Waals surface area contributed by atoms with E-state index in [2.05, 4.69) is 5.32 Å². The van der Waals surface area contributed by atoms with Gasteiger partial charge in [0.05, 0.1) is 23.5 Å². The molecule has 1 spiro atoms. The van der Waals surface area contributed by atoms with E-state index in [4.69, 9.17) is 4.74 Å². The van der Waals surface area contributed by atoms with Crippen LogP contribution in [0.15, 0.2) is 103 Å². The van der Waals surface area contributed by atoms with Crippen molar-refractivity contribution in [3.63, 3.8) is 0 Å². The molecule has 0 aliphatic carbocycles. The second kappa shape index (κ2) is 10.9. The van der Waals surface area contributed by atoms with Crippen LogP contribution in [0.4, 0.5) is 11.4 Å². The lowest BCUT2D eigenvalue weighted by atomic mass is 9.62. The quantitative estimate of drug-likeness (QED) is 0.142. The Labute approximate surface area is 259 Å². The molecule has 7 rings (SSSR count). The highest BCUT2D eigenvalue weighted by Gasteiger charge is 2.70. The van der Waals surface area contributed by atoms with Crippen molar-refractivity contribution in [2.45, 2.75) is 30.8 Å². The smallest absolute Gasteiger partial charge is 0.270 e. The van der Waals surface area contributed by atoms with Crippen LogP contribution in [0.3, 0.4) is 0 Å². The predicted octanol–water partition coefficient (Wildman–Crippen LogP) is 6.37. The van der Waals surface area contributed by atoms with Crippen molar-refractivity contribution < 1.29 is 24.0 Å². The largest absolute Gasteiger partial charge is 0.494 e. The van der Waals surface area contributed by atoms with Gasteiger partial charge in [-0.15, -0.1) is 0 Å². The highest BCUT2D eigenvalue weighted by Crippen LogP contribution is 2.62. The second-order valence-corrected chi connectivity index (χ2v) is 11.5. The summed E-state index contributed by atoms with van der Waals surface area (Å²) in [4.78, 5) is 57.1. The monoisotopic (exact) mass is 599 g/mol. The zero-order valence-electron chi connectivity index (χ0n) is 24.4. The van der Waals surface area contributed by atoms with Gasteiger partial charge in [-0.25, -0.2) is 0 Å². The number of ketones is 2. The van der Waals surface area contributed by atoms with Gasteiger partial charge in [0.1, 0.15) is 17.2 Å². The Balaban J connectivity index is 1.47. The molecular weight excluding hydrogens is 570 g/mol. The number of benzene rings is 4. The number of nitrogens with one attached hydrogen (secondary N) is 1. The number of Topliss-reactive ketones (excluding diaryl/α,β-unsaturated/α-hetero) is 2. The molecule has 224 valence electrons. The third-order valence-electron chi connectivity index (χ3n) is 9.07. The van der Waals surface area contributed by atoms with Gasteiger partial charge in [0, 0.05) is 35.1 Å². The number of fused-ring (bicyclic) bond motifs is 6. The van der Waals surface area contributed by atoms with E-state index in [1.54, 1.807) is 36.5 Å². The minimum Gasteiger partial charge on any atom is -0.494 e. The van der Waals surface area contributed by atoms with Crippen LogP contribution in [-0.4, -0.2) is 39.9 Å². The number of nitrogens with zero attached hydrogens (tertiary/aromatic N) is 2. The first-order valence-electron chi connectivity index (χ1n) is 14.9. The summed E-state index contributed by atoms with van der Waals surface area (Å²) in [5.74, 6) is -1.82. The van der Waals surface area contributed by atoms with Gasteiger partial charge in [-0.3, -0.25) is 24.5 Å². The minimum atomic E-state index is -1.49. The first-order chi connectivity index (χ1) is 21.9. The third-order valence-corrected chi connectivity index (χ3v) is 9.07. The van der Waals surface area contributed by atoms with Gasteiger partial charge >= 0.3 is 0 Å². The van der Waals surface area contributed by atoms with Crippen LogP contribution in [0.25, 0.3) is 6.08 Å². The van der Waals surface area contributed by atoms with E-state index in [1.165, 1.54) is 24.3 Å². The molecule has 1 fully saturated rings. The number of anilines is 1. The van der Waals surface area contributed by atoms with Crippen LogP contribution >= 0.6 is 0 Å². The summed E-state index contributed by atoms with van der Waals surface area (Å²) in [6, 6.07) is 25.3. The lowest BCUT2D eigenvalue weighted by Gasteiger charge is -2.38. The van der Waals surface area contributed by atoms with Crippen LogP contribution in [-0.2, 0) is 10.2 Å². The Morgan fingerprint density at radius 3 is 2.47 bits per heavy atom. The number of rotatable bonds is 8. The SMILES string of the molecule is CCCOc1ccc(C(=O)[C@@H]2[C@H](C(=O)c3cccc([N+](=O)[O-])c3)N3C=Cc4ccccc4[C@@H]3[C@@]23C(=O)Nc2ccccc23)cc1. The maximum Gasteiger partial charge on any atom is 0.270 e. The zero-order chi connectivity index (χ0) is 31.3. The maximum atomic E-state index is 14.9. The number of amides is 1. The molecule has 1 N–H and O–H groups in total. The lowest BCUT2D eigenvalue weighted by molar-refractivity contribution is -0.384. The number of carbonyl (C=O) groups is 3. The standard InChI is InChI=1S/C36H29N3O6/c1-2-20-45-26-16-14-23(15-17-26)32(40)30-31(33(41)24-9-7-10-25(21-24)39(43)44)38-19-18-22-8-3-4-11-27(22)34(38)36(30)28-12-5-6-13-29(28)37-35(36)42/h3-19,21,30-31,34H,2,20H2,1H3,(H,37,42)/t30-,31+,34+,36-/m0/s1. The molecule has 4 atom stereocenters. The van der Waals surface area contributed by atoms with Crippen LogP contribution in [0.5, 0.6) is 5.75 Å². The number of hydrogen-bond donors (Lipinski definition) is 1. The fraction of sp³-hybridized carbons (Fsp3) is 0.194. The van der Waals surface area contributed by atoms with E-state index in [9.17, 15) is 24.5 Å². The van der Waals surface area contributed by atoms with Gasteiger partial charge in [-0.2, -0.15) is 0 Å². The molecular formula is C36H29N3O6. The molecule has 45 heavy (non-hydrogen) atoms. The van der Waals surface area contributed by atoms with Crippen molar-refractivity contribution in [3.05, 3.63) is 141 Å². The predicted molar refractivity (Wildman–Crippen MR) is 168 cm³/mol. The van der Waals surface area contributed by atoms with E-state index in [-0.39, 0.29) is 22.9 Å². The Morgan fingerprint density at radius 2 is 1.69 bits per heavy atom. The summed E-state index contributed by atoms with van der Waals surface area (Å²) in [6.07, 6.45) is 4.48. The minimum absolute atomic E-state index is 0.0880. The molecule has 0 bridgehead atoms. The molecule has 0 aromatic heterocycles. The Kier molecular flexibility index (Phi) is 6.81. The molecule has 1 amide bonds. The summed E-state index contributed by atoms with van der Waals surface area (Å²) in [6.45, 7) is 2.53. The van der Waals surface area contributed by atoms with Crippen molar-refractivity contribution in [1.29, 1.82) is 0 Å². The lowest BCUT2D eigenvalue weighted by Crippen LogP contribution is -2.49. The van der Waals surface area contributed by atoms with Crippen LogP contribution < -0.4 is 10.1 Å². The topological polar surface area (TPSA) is 119 Å². The number of nitro groups is 1. The average molecular weight is 600 g/mol. The number of nitro benzene ring substituents is 1. The van der Waals surface area contributed by atoms with Crippen LogP contribution in [0.2, 0.25) is 0 Å². The fourth-order valence-corrected chi connectivity index (χ4v) is 7.23. The zero-order valence-corrected chi connectivity index (χ0v) is 24.4. The van der Waals surface area contributed by atoms with Crippen molar-refractivity contribution in [1.82, 2.24) is 4.90 Å². The first-order valence-corrected chi connectivity index (χ1v) is 14.9. The van der Waals surface area contributed by atoms with E-state index in [0.29, 0.717) is 29.2 Å². The summed E-state index contributed by atoms with van der Waals surface area (Å²) in [7, 11) is 0. The molecule has 3 aliphatic heterocycles. The summed E-state index contributed by atoms with van der Waals surface area (Å²) >= 11 is 0. The van der Waals surface area contributed by atoms with Crippen molar-refractivity contribution in [2.75, 3.05) is 11.9 Å². The summed E-state index contributed by atoms with van der Waals surface area (Å²) in [5.41, 5.74) is 1.58. The van der Waals surface area contributed by atoms with Crippen LogP contribution in [0, 0.1) is 16.0 Å². The fourth-order valence-electron chi connectivity index (χ4n) is 7.23. The number of para-hydroxylation sites is 1. The van der Waals surface area contributed by atoms with Gasteiger partial charge in [0.15, 0.2) is 11.6 Å². The molecule has 3 heterocycles. The normalized spacial score (nSPS) is 22.4.